The number of hydrogen-bond acceptors (Lipinski definition) is 2. The van der Waals surface area contributed by atoms with E-state index in [0.29, 0.717) is 0 Å². The topological polar surface area (TPSA) is 26.3 Å². The van der Waals surface area contributed by atoms with Crippen molar-refractivity contribution in [2.75, 3.05) is 7.11 Å². The minimum atomic E-state index is -0.0736. The van der Waals surface area contributed by atoms with Crippen molar-refractivity contribution in [3.05, 3.63) is 0 Å². The lowest BCUT2D eigenvalue weighted by Crippen LogP contribution is -2.12. The highest BCUT2D eigenvalue weighted by atomic mass is 35.5. The Labute approximate surface area is 93.8 Å². The van der Waals surface area contributed by atoms with Crippen LogP contribution in [0.4, 0.5) is 0 Å². The Morgan fingerprint density at radius 3 is 2.29 bits per heavy atom. The first-order valence-corrected chi connectivity index (χ1v) is 5.30. The zero-order valence-corrected chi connectivity index (χ0v) is 10.4. The Hall–Kier alpha value is -0.240. The Kier molecular flexibility index (Phi) is 12.5. The smallest absolute Gasteiger partial charge is 0.308 e. The summed E-state index contributed by atoms with van der Waals surface area (Å²) in [6.45, 7) is 4.14. The molecule has 0 spiro atoms. The Bertz CT molecular complexity index is 137. The van der Waals surface area contributed by atoms with E-state index in [9.17, 15) is 4.79 Å². The van der Waals surface area contributed by atoms with Crippen LogP contribution in [0.2, 0.25) is 0 Å². The maximum Gasteiger partial charge on any atom is 0.308 e. The Morgan fingerprint density at radius 2 is 1.79 bits per heavy atom. The molecule has 0 rings (SSSR count). The number of ether oxygens (including phenoxy) is 1. The largest absolute Gasteiger partial charge is 0.469 e. The van der Waals surface area contributed by atoms with E-state index in [0.717, 1.165) is 12.8 Å². The summed E-state index contributed by atoms with van der Waals surface area (Å²) in [5, 5.41) is 0. The number of halogens is 1. The number of methoxy groups -OCH3 is 1. The van der Waals surface area contributed by atoms with Crippen LogP contribution in [-0.2, 0) is 9.53 Å². The average molecular weight is 223 g/mol. The van der Waals surface area contributed by atoms with Crippen LogP contribution in [0.1, 0.15) is 52.4 Å². The predicted octanol–water partition coefficient (Wildman–Crippen LogP) is 3.58. The molecule has 0 aromatic carbocycles. The maximum absolute atomic E-state index is 11.0. The lowest BCUT2D eigenvalue weighted by Gasteiger charge is -2.07. The van der Waals surface area contributed by atoms with Gasteiger partial charge in [0, 0.05) is 0 Å². The summed E-state index contributed by atoms with van der Waals surface area (Å²) >= 11 is 0. The van der Waals surface area contributed by atoms with Gasteiger partial charge in [0.1, 0.15) is 0 Å². The molecule has 0 bridgehead atoms. The van der Waals surface area contributed by atoms with Gasteiger partial charge in [0.15, 0.2) is 0 Å². The number of hydrogen-bond donors (Lipinski definition) is 0. The number of esters is 1. The van der Waals surface area contributed by atoms with Gasteiger partial charge in [0.25, 0.3) is 0 Å². The summed E-state index contributed by atoms with van der Waals surface area (Å²) < 4.78 is 4.65. The fourth-order valence-corrected chi connectivity index (χ4v) is 1.37. The van der Waals surface area contributed by atoms with Gasteiger partial charge in [0.2, 0.25) is 0 Å². The van der Waals surface area contributed by atoms with Crippen molar-refractivity contribution in [3.8, 4) is 0 Å². The number of rotatable bonds is 7. The Morgan fingerprint density at radius 1 is 1.21 bits per heavy atom. The summed E-state index contributed by atoms with van der Waals surface area (Å²) in [5.74, 6) is 0.00196. The van der Waals surface area contributed by atoms with Crippen molar-refractivity contribution >= 4 is 18.4 Å². The SMILES string of the molecule is CCCCCCCC(C)C(=O)OC.Cl. The molecule has 0 aliphatic heterocycles. The van der Waals surface area contributed by atoms with E-state index in [1.54, 1.807) is 0 Å². The van der Waals surface area contributed by atoms with Gasteiger partial charge >= 0.3 is 5.97 Å². The molecular weight excluding hydrogens is 200 g/mol. The first-order valence-electron chi connectivity index (χ1n) is 5.30. The van der Waals surface area contributed by atoms with E-state index >= 15 is 0 Å². The molecular formula is C11H23ClO2. The van der Waals surface area contributed by atoms with E-state index in [2.05, 4.69) is 11.7 Å². The molecule has 0 aliphatic rings. The molecule has 0 aromatic heterocycles. The lowest BCUT2D eigenvalue weighted by atomic mass is 10.0. The van der Waals surface area contributed by atoms with Crippen LogP contribution in [-0.4, -0.2) is 13.1 Å². The summed E-state index contributed by atoms with van der Waals surface area (Å²) in [6, 6.07) is 0. The normalized spacial score (nSPS) is 11.6. The van der Waals surface area contributed by atoms with Crippen molar-refractivity contribution in [1.29, 1.82) is 0 Å². The minimum Gasteiger partial charge on any atom is -0.469 e. The van der Waals surface area contributed by atoms with Gasteiger partial charge in [-0.1, -0.05) is 46.0 Å². The third-order valence-electron chi connectivity index (χ3n) is 2.34. The third kappa shape index (κ3) is 8.36. The third-order valence-corrected chi connectivity index (χ3v) is 2.34. The van der Waals surface area contributed by atoms with Crippen LogP contribution in [0, 0.1) is 5.92 Å². The van der Waals surface area contributed by atoms with Gasteiger partial charge < -0.3 is 4.74 Å². The molecule has 0 saturated carbocycles. The Balaban J connectivity index is 0. The monoisotopic (exact) mass is 222 g/mol. The van der Waals surface area contributed by atoms with Crippen LogP contribution in [0.15, 0.2) is 0 Å². The molecule has 3 heteroatoms. The number of unbranched alkanes of at least 4 members (excludes halogenated alkanes) is 4. The molecule has 0 radical (unpaired) electrons. The fraction of sp³-hybridized carbons (Fsp3) is 0.909. The van der Waals surface area contributed by atoms with Crippen LogP contribution < -0.4 is 0 Å². The predicted molar refractivity (Wildman–Crippen MR) is 61.8 cm³/mol. The first-order chi connectivity index (χ1) is 6.22. The molecule has 0 amide bonds. The lowest BCUT2D eigenvalue weighted by molar-refractivity contribution is -0.145. The zero-order valence-electron chi connectivity index (χ0n) is 9.54. The van der Waals surface area contributed by atoms with Crippen LogP contribution in [0.25, 0.3) is 0 Å². The van der Waals surface area contributed by atoms with Gasteiger partial charge in [-0.15, -0.1) is 12.4 Å². The van der Waals surface area contributed by atoms with Gasteiger partial charge in [-0.3, -0.25) is 4.79 Å². The first kappa shape index (κ1) is 16.2. The fourth-order valence-electron chi connectivity index (χ4n) is 1.37. The molecule has 0 aromatic rings. The van der Waals surface area contributed by atoms with Gasteiger partial charge in [-0.05, 0) is 6.42 Å². The van der Waals surface area contributed by atoms with E-state index in [4.69, 9.17) is 0 Å². The second kappa shape index (κ2) is 10.8. The van der Waals surface area contributed by atoms with E-state index in [-0.39, 0.29) is 24.3 Å². The van der Waals surface area contributed by atoms with Gasteiger partial charge in [0.05, 0.1) is 13.0 Å². The molecule has 0 N–H and O–H groups in total. The van der Waals surface area contributed by atoms with E-state index in [1.807, 2.05) is 6.92 Å². The van der Waals surface area contributed by atoms with Crippen molar-refractivity contribution in [2.24, 2.45) is 5.92 Å². The average Bonchev–Trinajstić information content (AvgIpc) is 2.16. The number of carbonyl (C=O) groups is 1. The maximum atomic E-state index is 11.0. The van der Waals surface area contributed by atoms with Crippen molar-refractivity contribution in [1.82, 2.24) is 0 Å². The van der Waals surface area contributed by atoms with Crippen molar-refractivity contribution in [2.45, 2.75) is 52.4 Å². The summed E-state index contributed by atoms with van der Waals surface area (Å²) in [5.41, 5.74) is 0. The second-order valence-corrected chi connectivity index (χ2v) is 3.63. The highest BCUT2D eigenvalue weighted by Gasteiger charge is 2.11. The van der Waals surface area contributed by atoms with Crippen LogP contribution in [0.3, 0.4) is 0 Å². The standard InChI is InChI=1S/C11H22O2.ClH/c1-4-5-6-7-8-9-10(2)11(12)13-3;/h10H,4-9H2,1-3H3;1H. The molecule has 2 nitrogen and oxygen atoms in total. The highest BCUT2D eigenvalue weighted by molar-refractivity contribution is 5.85. The minimum absolute atomic E-state index is 0. The van der Waals surface area contributed by atoms with Crippen molar-refractivity contribution < 1.29 is 9.53 Å². The van der Waals surface area contributed by atoms with Gasteiger partial charge in [-0.25, -0.2) is 0 Å². The summed E-state index contributed by atoms with van der Waals surface area (Å²) in [7, 11) is 1.45. The summed E-state index contributed by atoms with van der Waals surface area (Å²) in [6.07, 6.45) is 7.24. The van der Waals surface area contributed by atoms with Crippen LogP contribution >= 0.6 is 12.4 Å². The molecule has 0 saturated heterocycles. The quantitative estimate of drug-likeness (QED) is 0.486. The molecule has 0 aliphatic carbocycles. The molecule has 14 heavy (non-hydrogen) atoms. The van der Waals surface area contributed by atoms with E-state index in [1.165, 1.54) is 32.8 Å². The van der Waals surface area contributed by atoms with Crippen LogP contribution in [0.5, 0.6) is 0 Å². The van der Waals surface area contributed by atoms with Crippen molar-refractivity contribution in [3.63, 3.8) is 0 Å². The molecule has 86 valence electrons. The highest BCUT2D eigenvalue weighted by Crippen LogP contribution is 2.12. The molecule has 1 unspecified atom stereocenters. The number of carbonyl (C=O) groups excluding carboxylic acids is 1. The molecule has 0 heterocycles. The second-order valence-electron chi connectivity index (χ2n) is 3.63. The molecule has 0 fully saturated rings. The summed E-state index contributed by atoms with van der Waals surface area (Å²) in [4.78, 5) is 11.0. The molecule has 1 atom stereocenters. The van der Waals surface area contributed by atoms with Gasteiger partial charge in [-0.2, -0.15) is 0 Å². The zero-order chi connectivity index (χ0) is 10.1. The van der Waals surface area contributed by atoms with E-state index < -0.39 is 0 Å².